The van der Waals surface area contributed by atoms with Gasteiger partial charge >= 0.3 is 0 Å². The second-order valence-corrected chi connectivity index (χ2v) is 6.85. The molecule has 0 saturated heterocycles. The highest BCUT2D eigenvalue weighted by Crippen LogP contribution is 2.33. The third kappa shape index (κ3) is 4.14. The number of nitrogens with zero attached hydrogens (tertiary/aromatic N) is 1. The number of carbonyl (C=O) groups excluding carboxylic acids is 1. The van der Waals surface area contributed by atoms with Crippen LogP contribution >= 0.6 is 11.6 Å². The lowest BCUT2D eigenvalue weighted by Gasteiger charge is -2.32. The van der Waals surface area contributed by atoms with Crippen LogP contribution in [0.15, 0.2) is 42.5 Å². The topological polar surface area (TPSA) is 41.6 Å². The fourth-order valence-corrected chi connectivity index (χ4v) is 3.66. The van der Waals surface area contributed by atoms with Gasteiger partial charge in [-0.25, -0.2) is 0 Å². The zero-order valence-electron chi connectivity index (χ0n) is 14.6. The fraction of sp³-hybridized carbons (Fsp3) is 0.350. The molecule has 4 nitrogen and oxygen atoms in total. The number of nitrogens with one attached hydrogen (secondary N) is 1. The van der Waals surface area contributed by atoms with Crippen molar-refractivity contribution in [2.45, 2.75) is 25.3 Å². The van der Waals surface area contributed by atoms with Crippen LogP contribution in [0.4, 0.5) is 5.69 Å². The van der Waals surface area contributed by atoms with E-state index in [2.05, 4.69) is 34.5 Å². The number of hydrogen-bond donors (Lipinski definition) is 1. The molecule has 1 unspecified atom stereocenters. The Morgan fingerprint density at radius 3 is 2.92 bits per heavy atom. The minimum atomic E-state index is -0.0777. The third-order valence-electron chi connectivity index (χ3n) is 4.70. The van der Waals surface area contributed by atoms with E-state index in [9.17, 15) is 4.79 Å². The number of amides is 1. The van der Waals surface area contributed by atoms with Gasteiger partial charge < -0.3 is 10.1 Å². The van der Waals surface area contributed by atoms with Crippen molar-refractivity contribution >= 4 is 23.2 Å². The summed E-state index contributed by atoms with van der Waals surface area (Å²) in [6.07, 6.45) is 3.34. The molecule has 0 bridgehead atoms. The second kappa shape index (κ2) is 7.89. The molecule has 1 aliphatic carbocycles. The van der Waals surface area contributed by atoms with Gasteiger partial charge in [-0.15, -0.1) is 0 Å². The summed E-state index contributed by atoms with van der Waals surface area (Å²) in [5, 5.41) is 3.47. The minimum absolute atomic E-state index is 0.0777. The Kier molecular flexibility index (Phi) is 5.61. The molecule has 0 fully saturated rings. The van der Waals surface area contributed by atoms with Crippen LogP contribution in [0.1, 0.15) is 30.0 Å². The van der Waals surface area contributed by atoms with Crippen molar-refractivity contribution in [3.05, 3.63) is 58.6 Å². The van der Waals surface area contributed by atoms with Gasteiger partial charge in [0.15, 0.2) is 0 Å². The Hall–Kier alpha value is -2.04. The van der Waals surface area contributed by atoms with Crippen molar-refractivity contribution in [2.24, 2.45) is 0 Å². The standard InChI is InChI=1S/C20H23ClN2O2/c1-23(18-9-5-7-14-6-3-4-8-16(14)18)13-20(24)22-17-12-15(21)10-11-19(17)25-2/h3-4,6,8,10-12,18H,5,7,9,13H2,1-2H3,(H,22,24). The summed E-state index contributed by atoms with van der Waals surface area (Å²) in [6, 6.07) is 14.0. The maximum Gasteiger partial charge on any atom is 0.238 e. The molecule has 2 aromatic carbocycles. The van der Waals surface area contributed by atoms with Gasteiger partial charge in [0.2, 0.25) is 5.91 Å². The van der Waals surface area contributed by atoms with Crippen LogP contribution in [0.2, 0.25) is 5.02 Å². The summed E-state index contributed by atoms with van der Waals surface area (Å²) in [7, 11) is 3.57. The van der Waals surface area contributed by atoms with E-state index in [0.29, 0.717) is 23.0 Å². The molecule has 2 aromatic rings. The van der Waals surface area contributed by atoms with Gasteiger partial charge in [-0.3, -0.25) is 9.69 Å². The Labute approximate surface area is 153 Å². The molecular weight excluding hydrogens is 336 g/mol. The summed E-state index contributed by atoms with van der Waals surface area (Å²) in [5.74, 6) is 0.523. The van der Waals surface area contributed by atoms with E-state index in [1.807, 2.05) is 7.05 Å². The summed E-state index contributed by atoms with van der Waals surface area (Å²) in [5.41, 5.74) is 3.32. The van der Waals surface area contributed by atoms with Crippen molar-refractivity contribution in [2.75, 3.05) is 26.0 Å². The monoisotopic (exact) mass is 358 g/mol. The predicted octanol–water partition coefficient (Wildman–Crippen LogP) is 4.30. The van der Waals surface area contributed by atoms with E-state index in [0.717, 1.165) is 19.3 Å². The quantitative estimate of drug-likeness (QED) is 0.866. The van der Waals surface area contributed by atoms with E-state index in [1.165, 1.54) is 11.1 Å². The van der Waals surface area contributed by atoms with Crippen LogP contribution in [0.5, 0.6) is 5.75 Å². The lowest BCUT2D eigenvalue weighted by Crippen LogP contribution is -2.35. The van der Waals surface area contributed by atoms with Gasteiger partial charge in [0.05, 0.1) is 19.3 Å². The van der Waals surface area contributed by atoms with Crippen LogP contribution in [0, 0.1) is 0 Å². The highest BCUT2D eigenvalue weighted by molar-refractivity contribution is 6.31. The second-order valence-electron chi connectivity index (χ2n) is 6.41. The van der Waals surface area contributed by atoms with Crippen LogP contribution in [-0.4, -0.2) is 31.5 Å². The lowest BCUT2D eigenvalue weighted by atomic mass is 9.87. The number of halogens is 1. The van der Waals surface area contributed by atoms with Crippen LogP contribution in [0.25, 0.3) is 0 Å². The molecule has 0 heterocycles. The van der Waals surface area contributed by atoms with E-state index in [1.54, 1.807) is 25.3 Å². The molecule has 132 valence electrons. The van der Waals surface area contributed by atoms with Gasteiger partial charge in [0.25, 0.3) is 0 Å². The van der Waals surface area contributed by atoms with Crippen molar-refractivity contribution < 1.29 is 9.53 Å². The number of anilines is 1. The van der Waals surface area contributed by atoms with Gasteiger partial charge in [0, 0.05) is 11.1 Å². The minimum Gasteiger partial charge on any atom is -0.495 e. The summed E-state index contributed by atoms with van der Waals surface area (Å²) in [6.45, 7) is 0.314. The Balaban J connectivity index is 1.69. The zero-order chi connectivity index (χ0) is 17.8. The van der Waals surface area contributed by atoms with Gasteiger partial charge in [-0.1, -0.05) is 35.9 Å². The molecule has 5 heteroatoms. The van der Waals surface area contributed by atoms with Crippen molar-refractivity contribution in [1.82, 2.24) is 4.90 Å². The molecule has 0 radical (unpaired) electrons. The molecule has 0 aliphatic heterocycles. The molecule has 25 heavy (non-hydrogen) atoms. The average molecular weight is 359 g/mol. The molecule has 1 N–H and O–H groups in total. The number of methoxy groups -OCH3 is 1. The molecular formula is C20H23ClN2O2. The SMILES string of the molecule is COc1ccc(Cl)cc1NC(=O)CN(C)C1CCCc2ccccc21. The molecule has 0 spiro atoms. The number of aryl methyl sites for hydroxylation is 1. The number of benzene rings is 2. The van der Waals surface area contributed by atoms with Crippen LogP contribution < -0.4 is 10.1 Å². The van der Waals surface area contributed by atoms with Crippen molar-refractivity contribution in [1.29, 1.82) is 0 Å². The lowest BCUT2D eigenvalue weighted by molar-refractivity contribution is -0.117. The Bertz CT molecular complexity index is 763. The zero-order valence-corrected chi connectivity index (χ0v) is 15.3. The normalized spacial score (nSPS) is 16.4. The summed E-state index contributed by atoms with van der Waals surface area (Å²) >= 11 is 6.02. The highest BCUT2D eigenvalue weighted by atomic mass is 35.5. The van der Waals surface area contributed by atoms with E-state index in [4.69, 9.17) is 16.3 Å². The molecule has 0 saturated carbocycles. The molecule has 3 rings (SSSR count). The average Bonchev–Trinajstić information content (AvgIpc) is 2.61. The largest absolute Gasteiger partial charge is 0.495 e. The Morgan fingerprint density at radius 1 is 1.32 bits per heavy atom. The predicted molar refractivity (Wildman–Crippen MR) is 101 cm³/mol. The van der Waals surface area contributed by atoms with E-state index < -0.39 is 0 Å². The van der Waals surface area contributed by atoms with Crippen LogP contribution in [0.3, 0.4) is 0 Å². The summed E-state index contributed by atoms with van der Waals surface area (Å²) < 4.78 is 5.28. The smallest absolute Gasteiger partial charge is 0.238 e. The Morgan fingerprint density at radius 2 is 2.12 bits per heavy atom. The first kappa shape index (κ1) is 17.8. The van der Waals surface area contributed by atoms with Crippen LogP contribution in [-0.2, 0) is 11.2 Å². The van der Waals surface area contributed by atoms with Gasteiger partial charge in [0.1, 0.15) is 5.75 Å². The number of carbonyl (C=O) groups is 1. The first-order valence-electron chi connectivity index (χ1n) is 8.50. The summed E-state index contributed by atoms with van der Waals surface area (Å²) in [4.78, 5) is 14.6. The number of likely N-dealkylation sites (N-methyl/N-ethyl adjacent to an activating group) is 1. The van der Waals surface area contributed by atoms with E-state index in [-0.39, 0.29) is 11.9 Å². The number of hydrogen-bond acceptors (Lipinski definition) is 3. The molecule has 1 amide bonds. The molecule has 1 atom stereocenters. The number of fused-ring (bicyclic) bond motifs is 1. The fourth-order valence-electron chi connectivity index (χ4n) is 3.49. The molecule has 1 aliphatic rings. The van der Waals surface area contributed by atoms with Gasteiger partial charge in [-0.05, 0) is 55.6 Å². The van der Waals surface area contributed by atoms with Crippen molar-refractivity contribution in [3.8, 4) is 5.75 Å². The van der Waals surface area contributed by atoms with Crippen molar-refractivity contribution in [3.63, 3.8) is 0 Å². The van der Waals surface area contributed by atoms with Gasteiger partial charge in [-0.2, -0.15) is 0 Å². The third-order valence-corrected chi connectivity index (χ3v) is 4.93. The highest BCUT2D eigenvalue weighted by Gasteiger charge is 2.24. The maximum absolute atomic E-state index is 12.5. The maximum atomic E-state index is 12.5. The number of rotatable bonds is 5. The first-order chi connectivity index (χ1) is 12.1. The first-order valence-corrected chi connectivity index (χ1v) is 8.87. The van der Waals surface area contributed by atoms with E-state index >= 15 is 0 Å². The molecule has 0 aromatic heterocycles. The number of ether oxygens (including phenoxy) is 1.